The molecular formula is C25H20N2O3. The standard InChI is InChI=1S/C25H20N2O3/c28-25(21-15-7-9-17-23(21)26(29)19-11-3-1-4-12-19)22-16-8-10-18-24(22)27(30)20-13-5-2-6-14-20/h1-18,29-30H. The molecule has 0 saturated heterocycles. The maximum absolute atomic E-state index is 13.5. The van der Waals surface area contributed by atoms with Crippen molar-refractivity contribution in [1.29, 1.82) is 0 Å². The third-order valence-corrected chi connectivity index (χ3v) is 4.76. The Morgan fingerprint density at radius 1 is 0.500 bits per heavy atom. The summed E-state index contributed by atoms with van der Waals surface area (Å²) in [5, 5.41) is 23.5. The van der Waals surface area contributed by atoms with Gasteiger partial charge in [0.05, 0.1) is 22.7 Å². The van der Waals surface area contributed by atoms with Crippen LogP contribution in [-0.4, -0.2) is 16.2 Å². The summed E-state index contributed by atoms with van der Waals surface area (Å²) in [6, 6.07) is 31.6. The van der Waals surface area contributed by atoms with Gasteiger partial charge < -0.3 is 0 Å². The fourth-order valence-electron chi connectivity index (χ4n) is 3.26. The summed E-state index contributed by atoms with van der Waals surface area (Å²) in [4.78, 5) is 13.5. The van der Waals surface area contributed by atoms with Crippen LogP contribution in [0.3, 0.4) is 0 Å². The van der Waals surface area contributed by atoms with Gasteiger partial charge in [0.15, 0.2) is 5.78 Å². The minimum Gasteiger partial charge on any atom is -0.288 e. The van der Waals surface area contributed by atoms with Gasteiger partial charge in [0.1, 0.15) is 0 Å². The predicted octanol–water partition coefficient (Wildman–Crippen LogP) is 5.97. The highest BCUT2D eigenvalue weighted by Gasteiger charge is 2.22. The third-order valence-electron chi connectivity index (χ3n) is 4.76. The Morgan fingerprint density at radius 3 is 1.23 bits per heavy atom. The molecule has 148 valence electrons. The van der Waals surface area contributed by atoms with E-state index >= 15 is 0 Å². The van der Waals surface area contributed by atoms with Crippen molar-refractivity contribution in [2.75, 3.05) is 10.1 Å². The van der Waals surface area contributed by atoms with Crippen molar-refractivity contribution in [2.45, 2.75) is 0 Å². The summed E-state index contributed by atoms with van der Waals surface area (Å²) in [7, 11) is 0. The van der Waals surface area contributed by atoms with Gasteiger partial charge in [0.2, 0.25) is 0 Å². The molecule has 5 heteroatoms. The molecular weight excluding hydrogens is 376 g/mol. The topological polar surface area (TPSA) is 64.0 Å². The van der Waals surface area contributed by atoms with E-state index in [1.54, 1.807) is 72.8 Å². The number of anilines is 4. The maximum atomic E-state index is 13.5. The Labute approximate surface area is 174 Å². The average molecular weight is 396 g/mol. The number of carbonyl (C=O) groups excluding carboxylic acids is 1. The van der Waals surface area contributed by atoms with E-state index in [0.29, 0.717) is 33.9 Å². The predicted molar refractivity (Wildman–Crippen MR) is 117 cm³/mol. The zero-order chi connectivity index (χ0) is 20.9. The molecule has 0 bridgehead atoms. The third kappa shape index (κ3) is 3.80. The Hall–Kier alpha value is -3.93. The Morgan fingerprint density at radius 2 is 0.833 bits per heavy atom. The van der Waals surface area contributed by atoms with Gasteiger partial charge >= 0.3 is 0 Å². The number of ketones is 1. The lowest BCUT2D eigenvalue weighted by molar-refractivity contribution is 0.103. The van der Waals surface area contributed by atoms with Crippen LogP contribution in [0, 0.1) is 0 Å². The Kier molecular flexibility index (Phi) is 5.57. The van der Waals surface area contributed by atoms with E-state index in [9.17, 15) is 15.2 Å². The van der Waals surface area contributed by atoms with Crippen LogP contribution < -0.4 is 10.1 Å². The summed E-state index contributed by atoms with van der Waals surface area (Å²) >= 11 is 0. The van der Waals surface area contributed by atoms with Crippen LogP contribution in [0.1, 0.15) is 15.9 Å². The molecule has 5 nitrogen and oxygen atoms in total. The van der Waals surface area contributed by atoms with E-state index < -0.39 is 0 Å². The lowest BCUT2D eigenvalue weighted by Gasteiger charge is -2.22. The number of para-hydroxylation sites is 4. The smallest absolute Gasteiger partial charge is 0.197 e. The number of rotatable bonds is 6. The first-order valence-electron chi connectivity index (χ1n) is 9.47. The number of benzene rings is 4. The quantitative estimate of drug-likeness (QED) is 0.310. The van der Waals surface area contributed by atoms with E-state index in [1.807, 2.05) is 36.4 Å². The summed E-state index contributed by atoms with van der Waals surface area (Å²) in [5.74, 6) is -0.314. The second-order valence-electron chi connectivity index (χ2n) is 6.66. The van der Waals surface area contributed by atoms with E-state index in [2.05, 4.69) is 0 Å². The minimum atomic E-state index is -0.314. The van der Waals surface area contributed by atoms with Crippen LogP contribution in [0.15, 0.2) is 109 Å². The van der Waals surface area contributed by atoms with E-state index in [1.165, 1.54) is 0 Å². The molecule has 0 aliphatic heterocycles. The SMILES string of the molecule is O=C(c1ccccc1N(O)c1ccccc1)c1ccccc1N(O)c1ccccc1. The average Bonchev–Trinajstić information content (AvgIpc) is 2.84. The Bertz CT molecular complexity index is 1060. The molecule has 0 heterocycles. The van der Waals surface area contributed by atoms with Crippen LogP contribution in [0.5, 0.6) is 0 Å². The zero-order valence-electron chi connectivity index (χ0n) is 16.1. The van der Waals surface area contributed by atoms with Crippen molar-refractivity contribution in [2.24, 2.45) is 0 Å². The second kappa shape index (κ2) is 8.61. The normalized spacial score (nSPS) is 10.5. The van der Waals surface area contributed by atoms with Gasteiger partial charge in [0, 0.05) is 11.1 Å². The van der Waals surface area contributed by atoms with Crippen molar-refractivity contribution < 1.29 is 15.2 Å². The number of nitrogens with zero attached hydrogens (tertiary/aromatic N) is 2. The van der Waals surface area contributed by atoms with E-state index in [0.717, 1.165) is 10.1 Å². The first-order valence-corrected chi connectivity index (χ1v) is 9.47. The first-order chi connectivity index (χ1) is 14.7. The first kappa shape index (κ1) is 19.4. The van der Waals surface area contributed by atoms with Crippen molar-refractivity contribution in [3.63, 3.8) is 0 Å². The molecule has 0 saturated carbocycles. The maximum Gasteiger partial charge on any atom is 0.197 e. The molecule has 0 aliphatic carbocycles. The van der Waals surface area contributed by atoms with Gasteiger partial charge in [-0.3, -0.25) is 15.2 Å². The van der Waals surface area contributed by atoms with Gasteiger partial charge in [-0.15, -0.1) is 0 Å². The molecule has 2 N–H and O–H groups in total. The van der Waals surface area contributed by atoms with E-state index in [-0.39, 0.29) is 5.78 Å². The molecule has 4 aromatic rings. The van der Waals surface area contributed by atoms with Crippen LogP contribution in [-0.2, 0) is 0 Å². The highest BCUT2D eigenvalue weighted by Crippen LogP contribution is 2.32. The van der Waals surface area contributed by atoms with Gasteiger partial charge in [-0.05, 0) is 48.5 Å². The van der Waals surface area contributed by atoms with Gasteiger partial charge in [0.25, 0.3) is 0 Å². The molecule has 4 aromatic carbocycles. The van der Waals surface area contributed by atoms with Crippen molar-refractivity contribution in [1.82, 2.24) is 0 Å². The van der Waals surface area contributed by atoms with Crippen LogP contribution in [0.4, 0.5) is 22.7 Å². The van der Waals surface area contributed by atoms with Crippen LogP contribution in [0.2, 0.25) is 0 Å². The van der Waals surface area contributed by atoms with Gasteiger partial charge in [-0.2, -0.15) is 0 Å². The molecule has 0 spiro atoms. The highest BCUT2D eigenvalue weighted by molar-refractivity contribution is 6.15. The fraction of sp³-hybridized carbons (Fsp3) is 0. The van der Waals surface area contributed by atoms with Crippen molar-refractivity contribution in [3.05, 3.63) is 120 Å². The fourth-order valence-corrected chi connectivity index (χ4v) is 3.26. The molecule has 30 heavy (non-hydrogen) atoms. The molecule has 0 radical (unpaired) electrons. The van der Waals surface area contributed by atoms with Gasteiger partial charge in [-0.1, -0.05) is 60.7 Å². The molecule has 0 aromatic heterocycles. The summed E-state index contributed by atoms with van der Waals surface area (Å²) in [5.41, 5.74) is 2.43. The summed E-state index contributed by atoms with van der Waals surface area (Å²) in [6.45, 7) is 0. The van der Waals surface area contributed by atoms with E-state index in [4.69, 9.17) is 0 Å². The molecule has 0 aliphatic rings. The molecule has 0 unspecified atom stereocenters. The summed E-state index contributed by atoms with van der Waals surface area (Å²) < 4.78 is 0. The summed E-state index contributed by atoms with van der Waals surface area (Å²) in [6.07, 6.45) is 0. The van der Waals surface area contributed by atoms with Crippen molar-refractivity contribution >= 4 is 28.5 Å². The highest BCUT2D eigenvalue weighted by atomic mass is 16.5. The zero-order valence-corrected chi connectivity index (χ0v) is 16.1. The largest absolute Gasteiger partial charge is 0.288 e. The Balaban J connectivity index is 1.75. The molecule has 0 atom stereocenters. The molecule has 0 amide bonds. The molecule has 4 rings (SSSR count). The number of carbonyl (C=O) groups is 1. The van der Waals surface area contributed by atoms with Crippen LogP contribution >= 0.6 is 0 Å². The van der Waals surface area contributed by atoms with Gasteiger partial charge in [-0.25, -0.2) is 10.1 Å². The molecule has 0 fully saturated rings. The lowest BCUT2D eigenvalue weighted by atomic mass is 9.99. The minimum absolute atomic E-state index is 0.314. The number of hydrogen-bond acceptors (Lipinski definition) is 5. The second-order valence-corrected chi connectivity index (χ2v) is 6.66. The van der Waals surface area contributed by atoms with Crippen LogP contribution in [0.25, 0.3) is 0 Å². The lowest BCUT2D eigenvalue weighted by Crippen LogP contribution is -2.18. The number of hydrogen-bond donors (Lipinski definition) is 2. The monoisotopic (exact) mass is 396 g/mol. The van der Waals surface area contributed by atoms with Crippen molar-refractivity contribution in [3.8, 4) is 0 Å².